The van der Waals surface area contributed by atoms with Crippen molar-refractivity contribution in [3.63, 3.8) is 0 Å². The van der Waals surface area contributed by atoms with Gasteiger partial charge in [0, 0.05) is 16.7 Å². The Morgan fingerprint density at radius 1 is 1.11 bits per heavy atom. The van der Waals surface area contributed by atoms with Crippen molar-refractivity contribution in [1.29, 1.82) is 0 Å². The molecule has 0 aliphatic carbocycles. The number of benzene rings is 2. The van der Waals surface area contributed by atoms with Gasteiger partial charge < -0.3 is 4.74 Å². The molecule has 0 aliphatic rings. The maximum Gasteiger partial charge on any atom is 0.172 e. The highest BCUT2D eigenvalue weighted by Gasteiger charge is 2.14. The van der Waals surface area contributed by atoms with Crippen molar-refractivity contribution in [3.8, 4) is 16.9 Å². The number of aldehydes is 1. The zero-order valence-electron chi connectivity index (χ0n) is 9.61. The third-order valence-electron chi connectivity index (χ3n) is 2.60. The van der Waals surface area contributed by atoms with Gasteiger partial charge in [-0.05, 0) is 24.3 Å². The number of rotatable bonds is 3. The fourth-order valence-corrected chi connectivity index (χ4v) is 1.70. The minimum absolute atomic E-state index is 0.0309. The molecule has 0 radical (unpaired) electrons. The van der Waals surface area contributed by atoms with Gasteiger partial charge in [0.25, 0.3) is 0 Å². The molecule has 0 bridgehead atoms. The van der Waals surface area contributed by atoms with Crippen molar-refractivity contribution < 1.29 is 18.3 Å². The van der Waals surface area contributed by atoms with E-state index >= 15 is 0 Å². The number of ether oxygens (including phenoxy) is 1. The fraction of sp³-hybridized carbons (Fsp3) is 0.0714. The molecule has 0 amide bonds. The zero-order valence-corrected chi connectivity index (χ0v) is 9.61. The van der Waals surface area contributed by atoms with E-state index in [0.717, 1.165) is 6.07 Å². The predicted octanol–water partition coefficient (Wildman–Crippen LogP) is 3.45. The lowest BCUT2D eigenvalue weighted by Crippen LogP contribution is -1.94. The van der Waals surface area contributed by atoms with E-state index in [2.05, 4.69) is 0 Å². The molecule has 0 aliphatic heterocycles. The molecule has 92 valence electrons. The third-order valence-corrected chi connectivity index (χ3v) is 2.60. The standard InChI is InChI=1S/C14H10F2O2/c1-18-13-4-2-3-10(14(13)16)11-7-9(8-17)5-6-12(11)15/h2-8H,1H3. The van der Waals surface area contributed by atoms with E-state index in [9.17, 15) is 13.6 Å². The number of hydrogen-bond donors (Lipinski definition) is 0. The number of carbonyl (C=O) groups excluding carboxylic acids is 1. The lowest BCUT2D eigenvalue weighted by molar-refractivity contribution is 0.112. The molecule has 2 aromatic carbocycles. The Morgan fingerprint density at radius 3 is 2.56 bits per heavy atom. The van der Waals surface area contributed by atoms with Gasteiger partial charge in [-0.3, -0.25) is 4.79 Å². The molecule has 2 rings (SSSR count). The van der Waals surface area contributed by atoms with Gasteiger partial charge in [0.2, 0.25) is 0 Å². The number of methoxy groups -OCH3 is 1. The monoisotopic (exact) mass is 248 g/mol. The van der Waals surface area contributed by atoms with Crippen LogP contribution in [0.15, 0.2) is 36.4 Å². The van der Waals surface area contributed by atoms with Crippen molar-refractivity contribution >= 4 is 6.29 Å². The van der Waals surface area contributed by atoms with Crippen molar-refractivity contribution in [1.82, 2.24) is 0 Å². The summed E-state index contributed by atoms with van der Waals surface area (Å²) in [4.78, 5) is 10.7. The molecule has 0 spiro atoms. The smallest absolute Gasteiger partial charge is 0.172 e. The highest BCUT2D eigenvalue weighted by atomic mass is 19.1. The van der Waals surface area contributed by atoms with E-state index in [0.29, 0.717) is 6.29 Å². The van der Waals surface area contributed by atoms with Crippen LogP contribution in [-0.2, 0) is 0 Å². The second-order valence-corrected chi connectivity index (χ2v) is 3.68. The zero-order chi connectivity index (χ0) is 13.1. The van der Waals surface area contributed by atoms with Crippen LogP contribution in [0.5, 0.6) is 5.75 Å². The first-order valence-electron chi connectivity index (χ1n) is 5.25. The lowest BCUT2D eigenvalue weighted by Gasteiger charge is -2.08. The van der Waals surface area contributed by atoms with E-state index in [-0.39, 0.29) is 22.4 Å². The largest absolute Gasteiger partial charge is 0.494 e. The van der Waals surface area contributed by atoms with Crippen LogP contribution in [0.2, 0.25) is 0 Å². The maximum absolute atomic E-state index is 14.0. The molecule has 0 unspecified atom stereocenters. The highest BCUT2D eigenvalue weighted by Crippen LogP contribution is 2.31. The third kappa shape index (κ3) is 2.09. The first-order chi connectivity index (χ1) is 8.67. The van der Waals surface area contributed by atoms with E-state index in [1.54, 1.807) is 6.07 Å². The fourth-order valence-electron chi connectivity index (χ4n) is 1.70. The van der Waals surface area contributed by atoms with Gasteiger partial charge in [0.1, 0.15) is 12.1 Å². The molecule has 2 aromatic rings. The molecule has 0 N–H and O–H groups in total. The van der Waals surface area contributed by atoms with Crippen LogP contribution in [0, 0.1) is 11.6 Å². The first kappa shape index (κ1) is 12.2. The molecule has 0 saturated carbocycles. The molecular formula is C14H10F2O2. The summed E-state index contributed by atoms with van der Waals surface area (Å²) in [6, 6.07) is 8.22. The molecule has 0 heterocycles. The molecule has 0 aromatic heterocycles. The van der Waals surface area contributed by atoms with Crippen molar-refractivity contribution in [2.75, 3.05) is 7.11 Å². The van der Waals surface area contributed by atoms with Crippen LogP contribution in [0.1, 0.15) is 10.4 Å². The van der Waals surface area contributed by atoms with Gasteiger partial charge in [-0.15, -0.1) is 0 Å². The Bertz CT molecular complexity index is 594. The molecule has 4 heteroatoms. The van der Waals surface area contributed by atoms with Crippen LogP contribution in [0.3, 0.4) is 0 Å². The normalized spacial score (nSPS) is 10.2. The Morgan fingerprint density at radius 2 is 1.89 bits per heavy atom. The molecule has 0 atom stereocenters. The van der Waals surface area contributed by atoms with Crippen molar-refractivity contribution in [2.24, 2.45) is 0 Å². The van der Waals surface area contributed by atoms with Crippen LogP contribution in [0.4, 0.5) is 8.78 Å². The van der Waals surface area contributed by atoms with Gasteiger partial charge in [-0.2, -0.15) is 0 Å². The second-order valence-electron chi connectivity index (χ2n) is 3.68. The Hall–Kier alpha value is -2.23. The summed E-state index contributed by atoms with van der Waals surface area (Å²) in [7, 11) is 1.33. The highest BCUT2D eigenvalue weighted by molar-refractivity contribution is 5.79. The van der Waals surface area contributed by atoms with Gasteiger partial charge in [0.15, 0.2) is 11.6 Å². The minimum atomic E-state index is -0.651. The summed E-state index contributed by atoms with van der Waals surface area (Å²) >= 11 is 0. The van der Waals surface area contributed by atoms with E-state index in [1.807, 2.05) is 0 Å². The van der Waals surface area contributed by atoms with Crippen molar-refractivity contribution in [3.05, 3.63) is 53.6 Å². The topological polar surface area (TPSA) is 26.3 Å². The van der Waals surface area contributed by atoms with Crippen molar-refractivity contribution in [2.45, 2.75) is 0 Å². The van der Waals surface area contributed by atoms with Gasteiger partial charge in [-0.1, -0.05) is 12.1 Å². The molecule has 18 heavy (non-hydrogen) atoms. The first-order valence-corrected chi connectivity index (χ1v) is 5.25. The predicted molar refractivity (Wildman–Crippen MR) is 63.7 cm³/mol. The average Bonchev–Trinajstić information content (AvgIpc) is 2.40. The molecule has 0 saturated heterocycles. The summed E-state index contributed by atoms with van der Waals surface area (Å²) in [6.45, 7) is 0. The van der Waals surface area contributed by atoms with Gasteiger partial charge >= 0.3 is 0 Å². The lowest BCUT2D eigenvalue weighted by atomic mass is 10.0. The Labute approximate surface area is 103 Å². The maximum atomic E-state index is 14.0. The molecule has 0 fully saturated rings. The summed E-state index contributed by atoms with van der Waals surface area (Å²) < 4.78 is 32.5. The van der Waals surface area contributed by atoms with E-state index in [1.165, 1.54) is 31.4 Å². The summed E-state index contributed by atoms with van der Waals surface area (Å²) in [5.74, 6) is -1.21. The van der Waals surface area contributed by atoms with Crippen LogP contribution < -0.4 is 4.74 Å². The van der Waals surface area contributed by atoms with Crippen LogP contribution >= 0.6 is 0 Å². The van der Waals surface area contributed by atoms with Crippen LogP contribution in [0.25, 0.3) is 11.1 Å². The number of hydrogen-bond acceptors (Lipinski definition) is 2. The van der Waals surface area contributed by atoms with Crippen LogP contribution in [-0.4, -0.2) is 13.4 Å². The quantitative estimate of drug-likeness (QED) is 0.777. The SMILES string of the molecule is COc1cccc(-c2cc(C=O)ccc2F)c1F. The summed E-state index contributed by atoms with van der Waals surface area (Å²) in [6.07, 6.45) is 0.584. The van der Waals surface area contributed by atoms with Gasteiger partial charge in [0.05, 0.1) is 7.11 Å². The average molecular weight is 248 g/mol. The number of carbonyl (C=O) groups is 1. The van der Waals surface area contributed by atoms with E-state index in [4.69, 9.17) is 4.74 Å². The van der Waals surface area contributed by atoms with E-state index < -0.39 is 11.6 Å². The minimum Gasteiger partial charge on any atom is -0.494 e. The summed E-state index contributed by atoms with van der Waals surface area (Å²) in [5.41, 5.74) is 0.389. The molecule has 2 nitrogen and oxygen atoms in total. The number of halogens is 2. The Balaban J connectivity index is 2.64. The second kappa shape index (κ2) is 4.96. The van der Waals surface area contributed by atoms with Gasteiger partial charge in [-0.25, -0.2) is 8.78 Å². The summed E-state index contributed by atoms with van der Waals surface area (Å²) in [5, 5.41) is 0. The Kier molecular flexibility index (Phi) is 3.37. The molecular weight excluding hydrogens is 238 g/mol.